The molecule has 48 valence electrons. The predicted octanol–water partition coefficient (Wildman–Crippen LogP) is 1.67. The smallest absolute Gasteiger partial charge is 0.163 e. The minimum Gasteiger partial charge on any atom is -0.294 e. The molecule has 1 aliphatic carbocycles. The summed E-state index contributed by atoms with van der Waals surface area (Å²) in [6.45, 7) is 1.88. The number of rotatable bonds is 0. The molecule has 0 amide bonds. The van der Waals surface area contributed by atoms with Gasteiger partial charge in [0.2, 0.25) is 0 Å². The summed E-state index contributed by atoms with van der Waals surface area (Å²) in [6, 6.07) is 0. The Bertz CT molecular complexity index is 191. The number of thiocarbonyl (C=S) groups is 1. The molecule has 0 spiro atoms. The van der Waals surface area contributed by atoms with Crippen LogP contribution >= 0.6 is 12.2 Å². The van der Waals surface area contributed by atoms with Crippen molar-refractivity contribution in [1.82, 2.24) is 0 Å². The lowest BCUT2D eigenvalue weighted by Gasteiger charge is -1.85. The number of carbonyl (C=O) groups excluding carboxylic acids is 1. The summed E-state index contributed by atoms with van der Waals surface area (Å²) in [6.07, 6.45) is 3.07. The van der Waals surface area contributed by atoms with E-state index in [4.69, 9.17) is 12.2 Å². The highest BCUT2D eigenvalue weighted by molar-refractivity contribution is 7.80. The van der Waals surface area contributed by atoms with E-state index in [1.807, 2.05) is 13.0 Å². The van der Waals surface area contributed by atoms with Crippen LogP contribution in [0.4, 0.5) is 0 Å². The van der Waals surface area contributed by atoms with E-state index in [0.29, 0.717) is 6.42 Å². The number of allylic oxidation sites excluding steroid dienone is 2. The standard InChI is InChI=1S/C7H8OS/c1-2-5-3-6(9)4-7(5)8/h2H,3-4H2,1H3/b5-2+. The third-order valence-electron chi connectivity index (χ3n) is 1.45. The zero-order valence-corrected chi connectivity index (χ0v) is 6.12. The Balaban J connectivity index is 2.81. The Morgan fingerprint density at radius 1 is 1.56 bits per heavy atom. The maximum atomic E-state index is 10.9. The fraction of sp³-hybridized carbons (Fsp3) is 0.429. The third kappa shape index (κ3) is 1.24. The van der Waals surface area contributed by atoms with Crippen molar-refractivity contribution in [2.75, 3.05) is 0 Å². The van der Waals surface area contributed by atoms with Crippen LogP contribution in [0, 0.1) is 0 Å². The Kier molecular flexibility index (Phi) is 1.76. The van der Waals surface area contributed by atoms with Crippen molar-refractivity contribution in [3.63, 3.8) is 0 Å². The van der Waals surface area contributed by atoms with Gasteiger partial charge >= 0.3 is 0 Å². The Morgan fingerprint density at radius 3 is 2.44 bits per heavy atom. The number of Topliss-reactive ketones (excluding diaryl/α,β-unsaturated/α-hetero) is 1. The van der Waals surface area contributed by atoms with Crippen LogP contribution in [0.3, 0.4) is 0 Å². The van der Waals surface area contributed by atoms with Crippen LogP contribution in [0.15, 0.2) is 11.6 Å². The SMILES string of the molecule is C/C=C1\CC(=S)CC1=O. The molecule has 0 aliphatic heterocycles. The average Bonchev–Trinajstić information content (AvgIpc) is 2.10. The first-order valence-electron chi connectivity index (χ1n) is 2.94. The van der Waals surface area contributed by atoms with Gasteiger partial charge in [0.1, 0.15) is 0 Å². The topological polar surface area (TPSA) is 17.1 Å². The molecule has 0 aromatic rings. The van der Waals surface area contributed by atoms with Gasteiger partial charge in [0.15, 0.2) is 5.78 Å². The predicted molar refractivity (Wildman–Crippen MR) is 40.6 cm³/mol. The van der Waals surface area contributed by atoms with Gasteiger partial charge in [-0.05, 0) is 12.5 Å². The molecule has 1 aliphatic rings. The lowest BCUT2D eigenvalue weighted by molar-refractivity contribution is -0.113. The second-order valence-corrected chi connectivity index (χ2v) is 2.71. The summed E-state index contributed by atoms with van der Waals surface area (Å²) in [4.78, 5) is 11.7. The van der Waals surface area contributed by atoms with Crippen LogP contribution in [-0.2, 0) is 4.79 Å². The second kappa shape index (κ2) is 2.40. The zero-order chi connectivity index (χ0) is 6.85. The maximum Gasteiger partial charge on any atom is 0.163 e. The van der Waals surface area contributed by atoms with Gasteiger partial charge in [-0.15, -0.1) is 0 Å². The summed E-state index contributed by atoms with van der Waals surface area (Å²) in [5.74, 6) is 0.211. The number of carbonyl (C=O) groups is 1. The van der Waals surface area contributed by atoms with Gasteiger partial charge in [0.25, 0.3) is 0 Å². The van der Waals surface area contributed by atoms with E-state index >= 15 is 0 Å². The van der Waals surface area contributed by atoms with Gasteiger partial charge in [0.05, 0.1) is 0 Å². The van der Waals surface area contributed by atoms with Crippen molar-refractivity contribution >= 4 is 22.9 Å². The molecular formula is C7H8OS. The lowest BCUT2D eigenvalue weighted by Crippen LogP contribution is -1.90. The Labute approximate surface area is 59.8 Å². The molecule has 9 heavy (non-hydrogen) atoms. The molecule has 1 fully saturated rings. The van der Waals surface area contributed by atoms with Gasteiger partial charge in [-0.2, -0.15) is 0 Å². The highest BCUT2D eigenvalue weighted by Gasteiger charge is 2.19. The van der Waals surface area contributed by atoms with Crippen LogP contribution in [0.2, 0.25) is 0 Å². The molecule has 0 radical (unpaired) electrons. The van der Waals surface area contributed by atoms with Crippen LogP contribution in [-0.4, -0.2) is 10.6 Å². The van der Waals surface area contributed by atoms with Gasteiger partial charge < -0.3 is 0 Å². The van der Waals surface area contributed by atoms with Crippen molar-refractivity contribution < 1.29 is 4.79 Å². The van der Waals surface area contributed by atoms with Crippen molar-refractivity contribution in [2.24, 2.45) is 0 Å². The van der Waals surface area contributed by atoms with Crippen molar-refractivity contribution in [3.8, 4) is 0 Å². The van der Waals surface area contributed by atoms with E-state index in [1.165, 1.54) is 0 Å². The van der Waals surface area contributed by atoms with Crippen LogP contribution in [0.1, 0.15) is 19.8 Å². The quantitative estimate of drug-likeness (QED) is 0.376. The van der Waals surface area contributed by atoms with Crippen molar-refractivity contribution in [2.45, 2.75) is 19.8 Å². The molecule has 1 nitrogen and oxygen atoms in total. The molecule has 0 unspecified atom stereocenters. The third-order valence-corrected chi connectivity index (χ3v) is 1.74. The monoisotopic (exact) mass is 140 g/mol. The average molecular weight is 140 g/mol. The van der Waals surface area contributed by atoms with Gasteiger partial charge in [-0.25, -0.2) is 0 Å². The largest absolute Gasteiger partial charge is 0.294 e. The van der Waals surface area contributed by atoms with Gasteiger partial charge in [-0.3, -0.25) is 4.79 Å². The van der Waals surface area contributed by atoms with Crippen molar-refractivity contribution in [1.29, 1.82) is 0 Å². The summed E-state index contributed by atoms with van der Waals surface area (Å²) >= 11 is 4.88. The number of hydrogen-bond acceptors (Lipinski definition) is 2. The first-order chi connectivity index (χ1) is 4.24. The minimum atomic E-state index is 0.211. The van der Waals surface area contributed by atoms with E-state index in [9.17, 15) is 4.79 Å². The Hall–Kier alpha value is -0.500. The van der Waals surface area contributed by atoms with Crippen molar-refractivity contribution in [3.05, 3.63) is 11.6 Å². The second-order valence-electron chi connectivity index (χ2n) is 2.13. The number of ketones is 1. The maximum absolute atomic E-state index is 10.9. The summed E-state index contributed by atoms with van der Waals surface area (Å²) in [7, 11) is 0. The first kappa shape index (κ1) is 6.62. The highest BCUT2D eigenvalue weighted by atomic mass is 32.1. The normalized spacial score (nSPS) is 23.9. The molecule has 1 rings (SSSR count). The van der Waals surface area contributed by atoms with Crippen LogP contribution < -0.4 is 0 Å². The molecule has 0 bridgehead atoms. The van der Waals surface area contributed by atoms with Crippen LogP contribution in [0.5, 0.6) is 0 Å². The molecule has 1 saturated carbocycles. The highest BCUT2D eigenvalue weighted by Crippen LogP contribution is 2.17. The molecule has 0 saturated heterocycles. The molecule has 0 atom stereocenters. The Morgan fingerprint density at radius 2 is 2.22 bits per heavy atom. The zero-order valence-electron chi connectivity index (χ0n) is 5.31. The van der Waals surface area contributed by atoms with E-state index < -0.39 is 0 Å². The lowest BCUT2D eigenvalue weighted by atomic mass is 10.2. The van der Waals surface area contributed by atoms with E-state index in [0.717, 1.165) is 16.9 Å². The van der Waals surface area contributed by atoms with Gasteiger partial charge in [-0.1, -0.05) is 18.3 Å². The van der Waals surface area contributed by atoms with Crippen LogP contribution in [0.25, 0.3) is 0 Å². The molecule has 0 N–H and O–H groups in total. The fourth-order valence-corrected chi connectivity index (χ4v) is 1.22. The first-order valence-corrected chi connectivity index (χ1v) is 3.35. The molecular weight excluding hydrogens is 132 g/mol. The van der Waals surface area contributed by atoms with E-state index in [2.05, 4.69) is 0 Å². The molecule has 0 aromatic carbocycles. The summed E-state index contributed by atoms with van der Waals surface area (Å²) < 4.78 is 0. The fourth-order valence-electron chi connectivity index (χ4n) is 0.929. The summed E-state index contributed by atoms with van der Waals surface area (Å²) in [5, 5.41) is 0. The van der Waals surface area contributed by atoms with E-state index in [1.54, 1.807) is 0 Å². The molecule has 0 aromatic heterocycles. The molecule has 0 heterocycles. The van der Waals surface area contributed by atoms with Gasteiger partial charge in [0, 0.05) is 17.7 Å². The van der Waals surface area contributed by atoms with E-state index in [-0.39, 0.29) is 5.78 Å². The minimum absolute atomic E-state index is 0.211. The molecule has 2 heteroatoms. The summed E-state index contributed by atoms with van der Waals surface area (Å²) in [5.41, 5.74) is 0.889. The number of hydrogen-bond donors (Lipinski definition) is 0.